The van der Waals surface area contributed by atoms with Gasteiger partial charge in [0.1, 0.15) is 0 Å². The summed E-state index contributed by atoms with van der Waals surface area (Å²) < 4.78 is 1.09. The van der Waals surface area contributed by atoms with Crippen molar-refractivity contribution in [2.45, 2.75) is 52.9 Å². The van der Waals surface area contributed by atoms with Gasteiger partial charge in [0.25, 0.3) is 0 Å². The largest absolute Gasteiger partial charge is 2.00 e. The van der Waals surface area contributed by atoms with Crippen LogP contribution < -0.4 is 0 Å². The third kappa shape index (κ3) is 11.2. The topological polar surface area (TPSA) is 6.48 Å². The van der Waals surface area contributed by atoms with Gasteiger partial charge in [-0.1, -0.05) is 69.3 Å². The van der Waals surface area contributed by atoms with Crippen LogP contribution in [0.15, 0.2) is 60.7 Å². The van der Waals surface area contributed by atoms with Crippen molar-refractivity contribution < 1.29 is 16.8 Å². The molecule has 0 bridgehead atoms. The minimum Gasteiger partial charge on any atom is -0.411 e. The molecule has 0 spiro atoms. The van der Waals surface area contributed by atoms with Gasteiger partial charge in [-0.2, -0.15) is 0 Å². The second kappa shape index (κ2) is 15.0. The Balaban J connectivity index is 0.000000523. The molecule has 2 nitrogen and oxygen atoms in total. The molecule has 0 N–H and O–H groups in total. The van der Waals surface area contributed by atoms with E-state index in [0.717, 1.165) is 13.1 Å². The summed E-state index contributed by atoms with van der Waals surface area (Å²) in [5, 5.41) is 0. The normalized spacial score (nSPS) is 9.86. The quantitative estimate of drug-likeness (QED) is 0.376. The molecule has 0 aliphatic heterocycles. The van der Waals surface area contributed by atoms with Gasteiger partial charge >= 0.3 is 16.8 Å². The summed E-state index contributed by atoms with van der Waals surface area (Å²) in [5.41, 5.74) is 2.49. The Morgan fingerprint density at radius 1 is 0.690 bits per heavy atom. The summed E-state index contributed by atoms with van der Waals surface area (Å²) in [6.45, 7) is 10.0. The fraction of sp³-hybridized carbons (Fsp3) is 0.364. The van der Waals surface area contributed by atoms with Gasteiger partial charge in [0, 0.05) is 25.2 Å². The van der Waals surface area contributed by atoms with Crippen LogP contribution in [0.1, 0.15) is 38.8 Å². The van der Waals surface area contributed by atoms with Crippen molar-refractivity contribution in [3.63, 3.8) is 0 Å². The fourth-order valence-electron chi connectivity index (χ4n) is 2.48. The maximum atomic E-state index is 5.03. The van der Waals surface area contributed by atoms with Crippen LogP contribution in [0.4, 0.5) is 0 Å². The first-order valence-electron chi connectivity index (χ1n) is 9.25. The van der Waals surface area contributed by atoms with E-state index in [2.05, 4.69) is 52.0 Å². The molecular weight excluding hydrogens is 479 g/mol. The van der Waals surface area contributed by atoms with Crippen molar-refractivity contribution in [3.8, 4) is 0 Å². The number of hydrogen-bond donors (Lipinski definition) is 0. The second-order valence-corrected chi connectivity index (χ2v) is 9.01. The van der Waals surface area contributed by atoms with Gasteiger partial charge < -0.3 is 59.5 Å². The first kappa shape index (κ1) is 28.2. The zero-order valence-corrected chi connectivity index (χ0v) is 21.5. The Morgan fingerprint density at radius 2 is 0.966 bits per heavy atom. The van der Waals surface area contributed by atoms with Crippen molar-refractivity contribution in [1.29, 1.82) is 0 Å². The first-order valence-corrected chi connectivity index (χ1v) is 10.9. The van der Waals surface area contributed by atoms with Crippen LogP contribution in [-0.2, 0) is 55.1 Å². The molecule has 0 saturated carbocycles. The molecular formula is C22H28CoN2S4. The standard InChI is InChI=1S/2C11H15NS2.Co/c2*1-9(2)12(11(13)14)8-10-6-4-3-5-7-10;/h2*3-7,9H,8H2,1-2H3,(H,13,14);/q;;+2/p-2. The number of benzene rings is 2. The predicted molar refractivity (Wildman–Crippen MR) is 134 cm³/mol. The van der Waals surface area contributed by atoms with Gasteiger partial charge in [0.05, 0.1) is 0 Å². The first-order chi connectivity index (χ1) is 13.2. The van der Waals surface area contributed by atoms with E-state index in [9.17, 15) is 0 Å². The summed E-state index contributed by atoms with van der Waals surface area (Å²) in [5.74, 6) is 0. The molecule has 1 radical (unpaired) electrons. The van der Waals surface area contributed by atoms with Crippen LogP contribution >= 0.6 is 24.4 Å². The average Bonchev–Trinajstić information content (AvgIpc) is 2.65. The minimum atomic E-state index is 0. The summed E-state index contributed by atoms with van der Waals surface area (Å²) in [4.78, 5) is 4.08. The third-order valence-electron chi connectivity index (χ3n) is 4.11. The van der Waals surface area contributed by atoms with E-state index in [1.807, 2.05) is 46.2 Å². The van der Waals surface area contributed by atoms with E-state index >= 15 is 0 Å². The van der Waals surface area contributed by atoms with E-state index in [4.69, 9.17) is 49.7 Å². The van der Waals surface area contributed by atoms with Gasteiger partial charge in [0.2, 0.25) is 0 Å². The number of thiocarbonyl (C=S) groups is 2. The van der Waals surface area contributed by atoms with Crippen LogP contribution in [-0.4, -0.2) is 30.5 Å². The Kier molecular flexibility index (Phi) is 14.6. The molecule has 7 heteroatoms. The Hall–Kier alpha value is -0.834. The Labute approximate surface area is 208 Å². The monoisotopic (exact) mass is 507 g/mol. The summed E-state index contributed by atoms with van der Waals surface area (Å²) in [6, 6.07) is 21.2. The zero-order valence-electron chi connectivity index (χ0n) is 17.2. The van der Waals surface area contributed by atoms with Crippen molar-refractivity contribution in [3.05, 3.63) is 71.8 Å². The smallest absolute Gasteiger partial charge is 0.411 e. The molecule has 0 fully saturated rings. The number of hydrogen-bond acceptors (Lipinski definition) is 4. The zero-order chi connectivity index (χ0) is 21.1. The molecule has 0 amide bonds. The van der Waals surface area contributed by atoms with Crippen molar-refractivity contribution in [1.82, 2.24) is 9.80 Å². The number of nitrogens with zero attached hydrogens (tertiary/aromatic N) is 2. The van der Waals surface area contributed by atoms with Crippen molar-refractivity contribution in [2.24, 2.45) is 0 Å². The minimum absolute atomic E-state index is 0. The molecule has 2 aromatic rings. The van der Waals surface area contributed by atoms with Gasteiger partial charge in [-0.15, -0.1) is 0 Å². The van der Waals surface area contributed by atoms with E-state index in [1.165, 1.54) is 11.1 Å². The van der Waals surface area contributed by atoms with Crippen molar-refractivity contribution in [2.75, 3.05) is 0 Å². The molecule has 2 rings (SSSR count). The Morgan fingerprint density at radius 3 is 1.17 bits per heavy atom. The molecule has 29 heavy (non-hydrogen) atoms. The third-order valence-corrected chi connectivity index (χ3v) is 5.05. The molecule has 0 atom stereocenters. The SMILES string of the molecule is CC(C)N(Cc1ccccc1)C(=S)[S-].CC(C)N(Cc1ccccc1)C(=S)[S-].[Co+2]. The van der Waals surface area contributed by atoms with Crippen molar-refractivity contribution >= 4 is 58.3 Å². The van der Waals surface area contributed by atoms with Crippen LogP contribution in [0.25, 0.3) is 0 Å². The molecule has 0 aliphatic rings. The van der Waals surface area contributed by atoms with Crippen LogP contribution in [0, 0.1) is 0 Å². The number of rotatable bonds is 6. The molecule has 0 saturated heterocycles. The van der Waals surface area contributed by atoms with E-state index in [1.54, 1.807) is 0 Å². The van der Waals surface area contributed by atoms with E-state index < -0.39 is 0 Å². The molecule has 0 unspecified atom stereocenters. The summed E-state index contributed by atoms with van der Waals surface area (Å²) >= 11 is 20.1. The molecule has 2 aromatic carbocycles. The maximum Gasteiger partial charge on any atom is 2.00 e. The van der Waals surface area contributed by atoms with Crippen LogP contribution in [0.2, 0.25) is 0 Å². The summed E-state index contributed by atoms with van der Waals surface area (Å²) in [7, 11) is 0. The summed E-state index contributed by atoms with van der Waals surface area (Å²) in [6.07, 6.45) is 0. The van der Waals surface area contributed by atoms with E-state index in [-0.39, 0.29) is 16.8 Å². The molecule has 0 heterocycles. The average molecular weight is 508 g/mol. The maximum absolute atomic E-state index is 5.03. The molecule has 0 aromatic heterocycles. The van der Waals surface area contributed by atoms with Crippen LogP contribution in [0.3, 0.4) is 0 Å². The Bertz CT molecular complexity index is 661. The predicted octanol–water partition coefficient (Wildman–Crippen LogP) is 5.46. The van der Waals surface area contributed by atoms with Gasteiger partial charge in [-0.3, -0.25) is 0 Å². The van der Waals surface area contributed by atoms with Crippen LogP contribution in [0.5, 0.6) is 0 Å². The van der Waals surface area contributed by atoms with Gasteiger partial charge in [0.15, 0.2) is 0 Å². The molecule has 159 valence electrons. The van der Waals surface area contributed by atoms with E-state index in [0.29, 0.717) is 20.7 Å². The van der Waals surface area contributed by atoms with Gasteiger partial charge in [-0.25, -0.2) is 0 Å². The van der Waals surface area contributed by atoms with Gasteiger partial charge in [-0.05, 0) is 38.8 Å². The molecule has 0 aliphatic carbocycles. The second-order valence-electron chi connectivity index (χ2n) is 6.95. The fourth-order valence-corrected chi connectivity index (χ4v) is 3.58.